The van der Waals surface area contributed by atoms with Gasteiger partial charge in [-0.05, 0) is 61.0 Å². The first kappa shape index (κ1) is 17.0. The zero-order chi connectivity index (χ0) is 15.6. The molecule has 2 rings (SSSR count). The number of halogens is 1. The lowest BCUT2D eigenvalue weighted by Crippen LogP contribution is -2.45. The number of nitrogens with zero attached hydrogens (tertiary/aromatic N) is 2. The Morgan fingerprint density at radius 1 is 1.43 bits per heavy atom. The summed E-state index contributed by atoms with van der Waals surface area (Å²) in [6.07, 6.45) is 6.51. The second kappa shape index (κ2) is 6.82. The first-order valence-electron chi connectivity index (χ1n) is 8.29. The van der Waals surface area contributed by atoms with E-state index in [9.17, 15) is 0 Å². The Bertz CT molecular complexity index is 479. The molecule has 1 heterocycles. The average molecular weight is 356 g/mol. The van der Waals surface area contributed by atoms with E-state index in [1.54, 1.807) is 0 Å². The molecule has 0 bridgehead atoms. The summed E-state index contributed by atoms with van der Waals surface area (Å²) >= 11 is 3.74. The zero-order valence-electron chi connectivity index (χ0n) is 14.2. The van der Waals surface area contributed by atoms with E-state index in [0.29, 0.717) is 11.5 Å². The van der Waals surface area contributed by atoms with E-state index in [1.165, 1.54) is 35.8 Å². The number of rotatable bonds is 5. The van der Waals surface area contributed by atoms with E-state index in [4.69, 9.17) is 0 Å². The third-order valence-corrected chi connectivity index (χ3v) is 6.34. The monoisotopic (exact) mass is 355 g/mol. The highest BCUT2D eigenvalue weighted by Crippen LogP contribution is 2.43. The molecule has 1 aromatic heterocycles. The van der Waals surface area contributed by atoms with Gasteiger partial charge in [-0.3, -0.25) is 4.68 Å². The van der Waals surface area contributed by atoms with Crippen LogP contribution in [0.3, 0.4) is 0 Å². The summed E-state index contributed by atoms with van der Waals surface area (Å²) in [4.78, 5) is 0. The summed E-state index contributed by atoms with van der Waals surface area (Å²) in [6, 6.07) is 0.526. The van der Waals surface area contributed by atoms with Gasteiger partial charge in [-0.15, -0.1) is 0 Å². The number of hydrogen-bond donors (Lipinski definition) is 1. The minimum absolute atomic E-state index is 0.435. The summed E-state index contributed by atoms with van der Waals surface area (Å²) in [5.41, 5.74) is 2.88. The first-order chi connectivity index (χ1) is 9.90. The van der Waals surface area contributed by atoms with Crippen molar-refractivity contribution in [1.29, 1.82) is 0 Å². The molecule has 4 heteroatoms. The maximum absolute atomic E-state index is 4.64. The van der Waals surface area contributed by atoms with Crippen LogP contribution in [0, 0.1) is 18.3 Å². The van der Waals surface area contributed by atoms with Crippen LogP contribution in [0.15, 0.2) is 4.47 Å². The fourth-order valence-corrected chi connectivity index (χ4v) is 4.43. The van der Waals surface area contributed by atoms with Crippen LogP contribution in [0.5, 0.6) is 0 Å². The quantitative estimate of drug-likeness (QED) is 0.852. The predicted molar refractivity (Wildman–Crippen MR) is 92.6 cm³/mol. The molecule has 2 unspecified atom stereocenters. The van der Waals surface area contributed by atoms with Gasteiger partial charge in [0.15, 0.2) is 0 Å². The molecule has 1 aliphatic rings. The second-order valence-electron chi connectivity index (χ2n) is 7.10. The Hall–Kier alpha value is -0.350. The van der Waals surface area contributed by atoms with Crippen LogP contribution in [-0.4, -0.2) is 22.9 Å². The summed E-state index contributed by atoms with van der Waals surface area (Å²) < 4.78 is 3.35. The van der Waals surface area contributed by atoms with Crippen molar-refractivity contribution in [2.24, 2.45) is 11.3 Å². The Morgan fingerprint density at radius 2 is 2.14 bits per heavy atom. The molecule has 2 atom stereocenters. The molecule has 1 aromatic rings. The van der Waals surface area contributed by atoms with E-state index in [0.717, 1.165) is 24.6 Å². The lowest BCUT2D eigenvalue weighted by Gasteiger charge is -2.43. The van der Waals surface area contributed by atoms with Gasteiger partial charge in [0.05, 0.1) is 15.9 Å². The average Bonchev–Trinajstić information content (AvgIpc) is 2.72. The molecule has 3 nitrogen and oxygen atoms in total. The number of aromatic nitrogens is 2. The van der Waals surface area contributed by atoms with Crippen LogP contribution in [0.1, 0.15) is 57.8 Å². The lowest BCUT2D eigenvalue weighted by molar-refractivity contribution is 0.100. The Balaban J connectivity index is 2.23. The van der Waals surface area contributed by atoms with Gasteiger partial charge in [-0.2, -0.15) is 5.10 Å². The minimum Gasteiger partial charge on any atom is -0.316 e. The smallest absolute Gasteiger partial charge is 0.0738 e. The van der Waals surface area contributed by atoms with Crippen molar-refractivity contribution in [3.05, 3.63) is 15.9 Å². The Morgan fingerprint density at radius 3 is 2.71 bits per heavy atom. The molecule has 1 saturated carbocycles. The SMILES string of the molecule is CCn1nc(C)c(Br)c1CC(NC)C1CCCCC1(C)C. The second-order valence-corrected chi connectivity index (χ2v) is 7.89. The highest BCUT2D eigenvalue weighted by molar-refractivity contribution is 9.10. The fraction of sp³-hybridized carbons (Fsp3) is 0.824. The van der Waals surface area contributed by atoms with Gasteiger partial charge < -0.3 is 5.32 Å². The molecule has 0 aromatic carbocycles. The number of likely N-dealkylation sites (N-methyl/N-ethyl adjacent to an activating group) is 1. The number of nitrogens with one attached hydrogen (secondary N) is 1. The Kier molecular flexibility index (Phi) is 5.53. The van der Waals surface area contributed by atoms with E-state index >= 15 is 0 Å². The standard InChI is InChI=1S/C17H30BrN3/c1-6-21-15(16(18)12(2)20-21)11-14(19-5)13-9-7-8-10-17(13,3)4/h13-14,19H,6-11H2,1-5H3. The van der Waals surface area contributed by atoms with E-state index in [2.05, 4.69) is 65.8 Å². The number of aryl methyl sites for hydroxylation is 2. The van der Waals surface area contributed by atoms with Gasteiger partial charge in [-0.25, -0.2) is 0 Å². The molecule has 0 aliphatic heterocycles. The molecule has 120 valence electrons. The van der Waals surface area contributed by atoms with Crippen LogP contribution in [0.2, 0.25) is 0 Å². The molecular weight excluding hydrogens is 326 g/mol. The van der Waals surface area contributed by atoms with E-state index < -0.39 is 0 Å². The molecule has 1 aliphatic carbocycles. The van der Waals surface area contributed by atoms with Crippen molar-refractivity contribution in [1.82, 2.24) is 15.1 Å². The van der Waals surface area contributed by atoms with E-state index in [1.807, 2.05) is 0 Å². The van der Waals surface area contributed by atoms with Crippen LogP contribution < -0.4 is 5.32 Å². The topological polar surface area (TPSA) is 29.9 Å². The summed E-state index contributed by atoms with van der Waals surface area (Å²) in [5.74, 6) is 0.740. The van der Waals surface area contributed by atoms with Gasteiger partial charge >= 0.3 is 0 Å². The third kappa shape index (κ3) is 3.53. The lowest BCUT2D eigenvalue weighted by atomic mass is 9.65. The van der Waals surface area contributed by atoms with Crippen LogP contribution in [0.25, 0.3) is 0 Å². The van der Waals surface area contributed by atoms with Crippen molar-refractivity contribution < 1.29 is 0 Å². The summed E-state index contributed by atoms with van der Waals surface area (Å²) in [6.45, 7) is 10.1. The predicted octanol–water partition coefficient (Wildman–Crippen LogP) is 4.32. The Labute approximate surface area is 138 Å². The fourth-order valence-electron chi connectivity index (χ4n) is 3.98. The number of hydrogen-bond acceptors (Lipinski definition) is 2. The normalized spacial score (nSPS) is 23.2. The van der Waals surface area contributed by atoms with Crippen molar-refractivity contribution >= 4 is 15.9 Å². The van der Waals surface area contributed by atoms with Crippen molar-refractivity contribution in [3.63, 3.8) is 0 Å². The van der Waals surface area contributed by atoms with Crippen molar-refractivity contribution in [2.45, 2.75) is 72.4 Å². The largest absolute Gasteiger partial charge is 0.316 e. The molecule has 21 heavy (non-hydrogen) atoms. The molecule has 0 spiro atoms. The maximum Gasteiger partial charge on any atom is 0.0738 e. The third-order valence-electron chi connectivity index (χ3n) is 5.31. The molecule has 1 fully saturated rings. The summed E-state index contributed by atoms with van der Waals surface area (Å²) in [5, 5.41) is 8.24. The first-order valence-corrected chi connectivity index (χ1v) is 9.09. The molecule has 1 N–H and O–H groups in total. The van der Waals surface area contributed by atoms with Crippen LogP contribution in [0.4, 0.5) is 0 Å². The van der Waals surface area contributed by atoms with Gasteiger partial charge in [0, 0.05) is 19.0 Å². The molecule has 0 amide bonds. The van der Waals surface area contributed by atoms with Gasteiger partial charge in [0.1, 0.15) is 0 Å². The zero-order valence-corrected chi connectivity index (χ0v) is 15.8. The minimum atomic E-state index is 0.435. The van der Waals surface area contributed by atoms with Gasteiger partial charge in [0.25, 0.3) is 0 Å². The highest BCUT2D eigenvalue weighted by Gasteiger charge is 2.37. The van der Waals surface area contributed by atoms with Gasteiger partial charge in [0.2, 0.25) is 0 Å². The van der Waals surface area contributed by atoms with Crippen molar-refractivity contribution in [3.8, 4) is 0 Å². The van der Waals surface area contributed by atoms with Crippen LogP contribution in [-0.2, 0) is 13.0 Å². The van der Waals surface area contributed by atoms with E-state index in [-0.39, 0.29) is 0 Å². The molecular formula is C17H30BrN3. The van der Waals surface area contributed by atoms with Gasteiger partial charge in [-0.1, -0.05) is 26.7 Å². The molecule has 0 saturated heterocycles. The molecule has 0 radical (unpaired) electrons. The highest BCUT2D eigenvalue weighted by atomic mass is 79.9. The summed E-state index contributed by atoms with van der Waals surface area (Å²) in [7, 11) is 2.11. The van der Waals surface area contributed by atoms with Crippen molar-refractivity contribution in [2.75, 3.05) is 7.05 Å². The van der Waals surface area contributed by atoms with Crippen LogP contribution >= 0.6 is 15.9 Å². The maximum atomic E-state index is 4.64.